The average Bonchev–Trinajstić information content (AvgIpc) is 3.07. The predicted octanol–water partition coefficient (Wildman–Crippen LogP) is 1.25. The lowest BCUT2D eigenvalue weighted by molar-refractivity contribution is 0.0760. The third-order valence-corrected chi connectivity index (χ3v) is 3.45. The summed E-state index contributed by atoms with van der Waals surface area (Å²) < 4.78 is 20.2. The van der Waals surface area contributed by atoms with Crippen LogP contribution in [0, 0.1) is 5.95 Å². The van der Waals surface area contributed by atoms with Crippen LogP contribution in [0.4, 0.5) is 4.39 Å². The number of nitrogens with zero attached hydrogens (tertiary/aromatic N) is 4. The summed E-state index contributed by atoms with van der Waals surface area (Å²) in [5.41, 5.74) is 0.541. The van der Waals surface area contributed by atoms with Crippen molar-refractivity contribution in [3.8, 4) is 5.88 Å². The fourth-order valence-corrected chi connectivity index (χ4v) is 2.38. The smallest absolute Gasteiger partial charge is 0.272 e. The number of aromatic nitrogens is 3. The van der Waals surface area contributed by atoms with Gasteiger partial charge in [-0.25, -0.2) is 0 Å². The summed E-state index contributed by atoms with van der Waals surface area (Å²) in [5, 5.41) is 3.99. The molecule has 2 aromatic rings. The Bertz CT molecular complexity index is 658. The Morgan fingerprint density at radius 3 is 3.00 bits per heavy atom. The van der Waals surface area contributed by atoms with E-state index in [1.54, 1.807) is 41.0 Å². The van der Waals surface area contributed by atoms with Gasteiger partial charge in [-0.3, -0.25) is 9.48 Å². The van der Waals surface area contributed by atoms with Crippen molar-refractivity contribution in [2.75, 3.05) is 13.1 Å². The monoisotopic (exact) mass is 290 g/mol. The second kappa shape index (κ2) is 5.51. The average molecular weight is 290 g/mol. The summed E-state index contributed by atoms with van der Waals surface area (Å²) in [7, 11) is 1.73. The van der Waals surface area contributed by atoms with Crippen LogP contribution in [-0.4, -0.2) is 44.8 Å². The summed E-state index contributed by atoms with van der Waals surface area (Å²) in [6, 6.07) is 6.10. The molecule has 3 heterocycles. The van der Waals surface area contributed by atoms with Crippen LogP contribution < -0.4 is 4.74 Å². The molecule has 0 saturated carbocycles. The summed E-state index contributed by atoms with van der Waals surface area (Å²) in [6.45, 7) is 1.06. The Balaban J connectivity index is 1.63. The maximum atomic E-state index is 13.0. The van der Waals surface area contributed by atoms with Crippen molar-refractivity contribution in [2.45, 2.75) is 12.5 Å². The lowest BCUT2D eigenvalue weighted by Gasteiger charge is -2.16. The number of pyridine rings is 1. The Hall–Kier alpha value is -2.44. The molecule has 1 unspecified atom stereocenters. The van der Waals surface area contributed by atoms with Crippen LogP contribution in [0.15, 0.2) is 30.5 Å². The van der Waals surface area contributed by atoms with E-state index in [9.17, 15) is 9.18 Å². The van der Waals surface area contributed by atoms with Gasteiger partial charge in [0.25, 0.3) is 5.91 Å². The van der Waals surface area contributed by atoms with Gasteiger partial charge in [0.05, 0.1) is 6.54 Å². The first-order valence-electron chi connectivity index (χ1n) is 6.70. The molecule has 21 heavy (non-hydrogen) atoms. The third kappa shape index (κ3) is 2.86. The molecule has 3 rings (SSSR count). The first-order chi connectivity index (χ1) is 10.1. The minimum atomic E-state index is -0.576. The molecule has 0 bridgehead atoms. The topological polar surface area (TPSA) is 60.2 Å². The number of amides is 1. The van der Waals surface area contributed by atoms with Gasteiger partial charge in [-0.15, -0.1) is 0 Å². The van der Waals surface area contributed by atoms with Crippen molar-refractivity contribution in [3.05, 3.63) is 42.1 Å². The van der Waals surface area contributed by atoms with E-state index in [4.69, 9.17) is 4.74 Å². The van der Waals surface area contributed by atoms with E-state index in [0.29, 0.717) is 25.2 Å². The van der Waals surface area contributed by atoms with Crippen molar-refractivity contribution >= 4 is 5.91 Å². The first-order valence-corrected chi connectivity index (χ1v) is 6.70. The minimum Gasteiger partial charge on any atom is -0.472 e. The number of halogens is 1. The molecule has 7 heteroatoms. The van der Waals surface area contributed by atoms with Crippen molar-refractivity contribution in [1.82, 2.24) is 19.7 Å². The summed E-state index contributed by atoms with van der Waals surface area (Å²) in [5.74, 6) is -0.406. The maximum absolute atomic E-state index is 13.0. The quantitative estimate of drug-likeness (QED) is 0.798. The van der Waals surface area contributed by atoms with Gasteiger partial charge in [-0.2, -0.15) is 14.5 Å². The number of carbonyl (C=O) groups is 1. The van der Waals surface area contributed by atoms with E-state index in [1.807, 2.05) is 0 Å². The van der Waals surface area contributed by atoms with Crippen molar-refractivity contribution in [1.29, 1.82) is 0 Å². The fourth-order valence-electron chi connectivity index (χ4n) is 2.38. The van der Waals surface area contributed by atoms with Gasteiger partial charge in [0, 0.05) is 32.3 Å². The second-order valence-corrected chi connectivity index (χ2v) is 4.92. The van der Waals surface area contributed by atoms with E-state index < -0.39 is 5.95 Å². The Kier molecular flexibility index (Phi) is 3.55. The molecule has 0 aromatic carbocycles. The standard InChI is InChI=1S/C14H15FN4O2/c1-18-11(5-7-16-18)14(20)19-8-6-10(9-19)21-13-4-2-3-12(15)17-13/h2-5,7,10H,6,8-9H2,1H3. The largest absolute Gasteiger partial charge is 0.472 e. The molecule has 1 fully saturated rings. The van der Waals surface area contributed by atoms with Crippen LogP contribution in [0.1, 0.15) is 16.9 Å². The molecule has 6 nitrogen and oxygen atoms in total. The highest BCUT2D eigenvalue weighted by atomic mass is 19.1. The highest BCUT2D eigenvalue weighted by Crippen LogP contribution is 2.18. The number of aryl methyl sites for hydroxylation is 1. The van der Waals surface area contributed by atoms with Crippen molar-refractivity contribution in [3.63, 3.8) is 0 Å². The van der Waals surface area contributed by atoms with Crippen LogP contribution in [0.5, 0.6) is 5.88 Å². The van der Waals surface area contributed by atoms with E-state index in [0.717, 1.165) is 0 Å². The van der Waals surface area contributed by atoms with Crippen molar-refractivity contribution in [2.24, 2.45) is 7.05 Å². The number of hydrogen-bond donors (Lipinski definition) is 0. The molecule has 1 amide bonds. The van der Waals surface area contributed by atoms with Gasteiger partial charge in [0.15, 0.2) is 0 Å². The zero-order valence-corrected chi connectivity index (χ0v) is 11.6. The molecule has 1 aliphatic rings. The molecule has 0 aliphatic carbocycles. The molecule has 1 saturated heterocycles. The van der Waals surface area contributed by atoms with Crippen LogP contribution in [-0.2, 0) is 7.05 Å². The maximum Gasteiger partial charge on any atom is 0.272 e. The zero-order valence-electron chi connectivity index (χ0n) is 11.6. The Labute approximate surface area is 121 Å². The van der Waals surface area contributed by atoms with Gasteiger partial charge in [-0.05, 0) is 12.1 Å². The van der Waals surface area contributed by atoms with Gasteiger partial charge >= 0.3 is 0 Å². The van der Waals surface area contributed by atoms with Crippen LogP contribution >= 0.6 is 0 Å². The number of likely N-dealkylation sites (tertiary alicyclic amines) is 1. The van der Waals surface area contributed by atoms with Crippen LogP contribution in [0.2, 0.25) is 0 Å². The van der Waals surface area contributed by atoms with Crippen LogP contribution in [0.25, 0.3) is 0 Å². The summed E-state index contributed by atoms with van der Waals surface area (Å²) in [6.07, 6.45) is 2.12. The second-order valence-electron chi connectivity index (χ2n) is 4.92. The molecular weight excluding hydrogens is 275 g/mol. The Morgan fingerprint density at radius 1 is 1.43 bits per heavy atom. The van der Waals surface area contributed by atoms with Gasteiger partial charge in [0.1, 0.15) is 11.8 Å². The van der Waals surface area contributed by atoms with Crippen LogP contribution in [0.3, 0.4) is 0 Å². The lowest BCUT2D eigenvalue weighted by Crippen LogP contribution is -2.32. The molecule has 1 aliphatic heterocycles. The molecular formula is C14H15FN4O2. The lowest BCUT2D eigenvalue weighted by atomic mass is 10.3. The van der Waals surface area contributed by atoms with Gasteiger partial charge < -0.3 is 9.64 Å². The number of hydrogen-bond acceptors (Lipinski definition) is 4. The van der Waals surface area contributed by atoms with E-state index in [-0.39, 0.29) is 17.9 Å². The van der Waals surface area contributed by atoms with Crippen molar-refractivity contribution < 1.29 is 13.9 Å². The molecule has 0 N–H and O–H groups in total. The van der Waals surface area contributed by atoms with E-state index in [2.05, 4.69) is 10.1 Å². The molecule has 0 radical (unpaired) electrons. The predicted molar refractivity (Wildman–Crippen MR) is 72.3 cm³/mol. The molecule has 110 valence electrons. The number of ether oxygens (including phenoxy) is 1. The summed E-state index contributed by atoms with van der Waals surface area (Å²) in [4.78, 5) is 17.7. The molecule has 1 atom stereocenters. The molecule has 2 aromatic heterocycles. The highest BCUT2D eigenvalue weighted by Gasteiger charge is 2.29. The zero-order chi connectivity index (χ0) is 14.8. The highest BCUT2D eigenvalue weighted by molar-refractivity contribution is 5.92. The Morgan fingerprint density at radius 2 is 2.29 bits per heavy atom. The summed E-state index contributed by atoms with van der Waals surface area (Å²) >= 11 is 0. The minimum absolute atomic E-state index is 0.0756. The van der Waals surface area contributed by atoms with E-state index in [1.165, 1.54) is 6.07 Å². The van der Waals surface area contributed by atoms with Gasteiger partial charge in [-0.1, -0.05) is 6.07 Å². The number of carbonyl (C=O) groups excluding carboxylic acids is 1. The van der Waals surface area contributed by atoms with E-state index >= 15 is 0 Å². The number of rotatable bonds is 3. The first kappa shape index (κ1) is 13.5. The fraction of sp³-hybridized carbons (Fsp3) is 0.357. The SMILES string of the molecule is Cn1nccc1C(=O)N1CCC(Oc2cccc(F)n2)C1. The normalized spacial score (nSPS) is 18.0. The van der Waals surface area contributed by atoms with Gasteiger partial charge in [0.2, 0.25) is 11.8 Å². The third-order valence-electron chi connectivity index (χ3n) is 3.45. The molecule has 0 spiro atoms.